The van der Waals surface area contributed by atoms with Crippen LogP contribution in [0.4, 0.5) is 23.8 Å². The third-order valence-corrected chi connectivity index (χ3v) is 11.1. The predicted octanol–water partition coefficient (Wildman–Crippen LogP) is 4.38. The van der Waals surface area contributed by atoms with Crippen LogP contribution in [0.25, 0.3) is 10.5 Å². The van der Waals surface area contributed by atoms with Crippen molar-refractivity contribution in [2.24, 2.45) is 0 Å². The summed E-state index contributed by atoms with van der Waals surface area (Å²) in [5, 5.41) is 2.61. The molecule has 4 N–H and O–H groups in total. The molecule has 2 aromatic carbocycles. The van der Waals surface area contributed by atoms with Crippen LogP contribution in [0.15, 0.2) is 69.3 Å². The Bertz CT molecular complexity index is 1910. The van der Waals surface area contributed by atoms with E-state index in [1.807, 2.05) is 0 Å². The van der Waals surface area contributed by atoms with Crippen LogP contribution in [0.2, 0.25) is 0 Å². The first-order chi connectivity index (χ1) is 21.5. The lowest BCUT2D eigenvalue weighted by Gasteiger charge is -2.41. The number of anilines is 1. The summed E-state index contributed by atoms with van der Waals surface area (Å²) in [4.78, 5) is 54.5. The van der Waals surface area contributed by atoms with Crippen molar-refractivity contribution in [3.63, 3.8) is 0 Å². The predicted molar refractivity (Wildman–Crippen MR) is 164 cm³/mol. The van der Waals surface area contributed by atoms with E-state index in [-0.39, 0.29) is 50.5 Å². The highest BCUT2D eigenvalue weighted by Gasteiger charge is 2.46. The highest BCUT2D eigenvalue weighted by Crippen LogP contribution is 2.74. The smallest absolute Gasteiger partial charge is 0.344 e. The molecule has 1 atom stereocenters. The first-order valence-electron chi connectivity index (χ1n) is 13.4. The van der Waals surface area contributed by atoms with Crippen LogP contribution in [0, 0.1) is 17.5 Å². The molecular formula is C30H29F3N6O5S. The van der Waals surface area contributed by atoms with E-state index in [2.05, 4.69) is 30.6 Å². The summed E-state index contributed by atoms with van der Waals surface area (Å²) < 4.78 is 52.1. The van der Waals surface area contributed by atoms with Crippen LogP contribution < -0.4 is 26.8 Å². The molecule has 236 valence electrons. The maximum Gasteiger partial charge on any atom is 0.344 e. The maximum atomic E-state index is 16.1. The molecule has 11 nitrogen and oxygen atoms in total. The molecule has 0 aliphatic carbocycles. The summed E-state index contributed by atoms with van der Waals surface area (Å²) in [5.74, 6) is -2.62. The number of hydrogen-bond donors (Lipinski definition) is 4. The Kier molecular flexibility index (Phi) is 8.86. The molecule has 0 spiro atoms. The number of pyridine rings is 1. The fraction of sp³-hybridized carbons (Fsp3) is 0.200. The average Bonchev–Trinajstić information content (AvgIpc) is 3.25. The van der Waals surface area contributed by atoms with Gasteiger partial charge in [0.1, 0.15) is 17.5 Å². The van der Waals surface area contributed by atoms with Crippen LogP contribution >= 0.6 is 10.0 Å². The molecule has 0 radical (unpaired) electrons. The fourth-order valence-corrected chi connectivity index (χ4v) is 9.94. The normalized spacial score (nSPS) is 17.2. The lowest BCUT2D eigenvalue weighted by Crippen LogP contribution is -2.29. The molecule has 0 saturated carbocycles. The van der Waals surface area contributed by atoms with E-state index in [1.54, 1.807) is 31.1 Å². The highest BCUT2D eigenvalue weighted by molar-refractivity contribution is 8.40. The number of rotatable bonds is 9. The van der Waals surface area contributed by atoms with Gasteiger partial charge in [-0.15, -0.1) is 0 Å². The molecule has 1 unspecified atom stereocenters. The number of aromatic amines is 2. The third kappa shape index (κ3) is 5.84. The fourth-order valence-electron chi connectivity index (χ4n) is 5.40. The minimum atomic E-state index is -2.85. The van der Waals surface area contributed by atoms with Gasteiger partial charge in [0.15, 0.2) is 11.6 Å². The van der Waals surface area contributed by atoms with E-state index in [4.69, 9.17) is 4.74 Å². The summed E-state index contributed by atoms with van der Waals surface area (Å²) >= 11 is 0. The molecule has 2 aromatic heterocycles. The number of nitrogens with zero attached hydrogens (tertiary/aromatic N) is 2. The number of urea groups is 1. The highest BCUT2D eigenvalue weighted by atomic mass is 32.3. The molecule has 0 fully saturated rings. The van der Waals surface area contributed by atoms with Gasteiger partial charge in [-0.2, -0.15) is 10.0 Å². The van der Waals surface area contributed by atoms with Gasteiger partial charge >= 0.3 is 11.7 Å². The topological polar surface area (TPSA) is 141 Å². The largest absolute Gasteiger partial charge is 0.494 e. The molecule has 2 amide bonds. The Balaban J connectivity index is 1.91. The quantitative estimate of drug-likeness (QED) is 0.157. The summed E-state index contributed by atoms with van der Waals surface area (Å²) in [6.45, 7) is 0. The van der Waals surface area contributed by atoms with Crippen molar-refractivity contribution >= 4 is 32.4 Å². The first kappa shape index (κ1) is 31.6. The standard InChI is InChI=1S/C30H29F3N6O5S/c1-39(2)15-45(14-18-19(31)8-6-9-20(18)32)26(16-11-12-22(34-13-16)35-30(42)38-44-4)23(17-7-5-10-21(43-3)25(17)33)24-27(40)36-29(41)37-28(24)45/h5-13H,14-15H2,1-4H3,(H2,34,35,38,42)(H2,36,37,40,41). The van der Waals surface area contributed by atoms with E-state index in [9.17, 15) is 14.4 Å². The van der Waals surface area contributed by atoms with E-state index >= 15 is 13.2 Å². The zero-order chi connectivity index (χ0) is 32.5. The number of hydroxylamine groups is 1. The molecule has 0 saturated heterocycles. The molecule has 3 heterocycles. The second-order valence-corrected chi connectivity index (χ2v) is 13.4. The minimum Gasteiger partial charge on any atom is -0.494 e. The zero-order valence-electron chi connectivity index (χ0n) is 24.6. The number of carbonyl (C=O) groups is 1. The van der Waals surface area contributed by atoms with Gasteiger partial charge in [0.2, 0.25) is 0 Å². The molecular weight excluding hydrogens is 613 g/mol. The number of carbonyl (C=O) groups excluding carboxylic acids is 1. The second-order valence-electron chi connectivity index (χ2n) is 10.3. The van der Waals surface area contributed by atoms with Crippen molar-refractivity contribution in [3.8, 4) is 5.75 Å². The summed E-state index contributed by atoms with van der Waals surface area (Å²) in [6.07, 6.45) is 1.39. The van der Waals surface area contributed by atoms with E-state index in [0.717, 1.165) is 12.1 Å². The van der Waals surface area contributed by atoms with Gasteiger partial charge in [0, 0.05) is 45.0 Å². The maximum absolute atomic E-state index is 16.1. The van der Waals surface area contributed by atoms with Crippen molar-refractivity contribution in [2.45, 2.75) is 10.8 Å². The number of benzene rings is 2. The number of halogens is 3. The Morgan fingerprint density at radius 2 is 1.71 bits per heavy atom. The van der Waals surface area contributed by atoms with E-state index in [1.165, 1.54) is 44.7 Å². The van der Waals surface area contributed by atoms with Gasteiger partial charge in [-0.1, -0.05) is 18.2 Å². The molecule has 1 aliphatic heterocycles. The van der Waals surface area contributed by atoms with Crippen molar-refractivity contribution in [1.82, 2.24) is 25.3 Å². The lowest BCUT2D eigenvalue weighted by atomic mass is 9.97. The molecule has 0 bridgehead atoms. The number of hydrogen-bond acceptors (Lipinski definition) is 7. The number of ether oxygens (including phenoxy) is 1. The van der Waals surface area contributed by atoms with E-state index < -0.39 is 44.8 Å². The van der Waals surface area contributed by atoms with E-state index in [0.29, 0.717) is 10.5 Å². The summed E-state index contributed by atoms with van der Waals surface area (Å²) in [6, 6.07) is 10.2. The SMILES string of the molecule is CONC(=O)Nc1ccc(C2=C(c3cccc(OC)c3F)c3c([nH]c(=O)[nH]c3=O)S2(Cc2c(F)cccc2F)CN(C)C)cn1. The minimum absolute atomic E-state index is 0.0352. The summed E-state index contributed by atoms with van der Waals surface area (Å²) in [5.41, 5.74) is 0.566. The number of H-pyrrole nitrogens is 2. The van der Waals surface area contributed by atoms with Crippen LogP contribution in [0.3, 0.4) is 0 Å². The number of aromatic nitrogens is 3. The Morgan fingerprint density at radius 1 is 1.00 bits per heavy atom. The number of fused-ring (bicyclic) bond motifs is 1. The van der Waals surface area contributed by atoms with Crippen LogP contribution in [0.1, 0.15) is 22.3 Å². The molecule has 5 rings (SSSR count). The van der Waals surface area contributed by atoms with Crippen molar-refractivity contribution in [1.29, 1.82) is 0 Å². The van der Waals surface area contributed by atoms with Gasteiger partial charge in [0.25, 0.3) is 5.56 Å². The molecule has 1 aliphatic rings. The van der Waals surface area contributed by atoms with Gasteiger partial charge in [-0.05, 0) is 44.4 Å². The monoisotopic (exact) mass is 642 g/mol. The lowest BCUT2D eigenvalue weighted by molar-refractivity contribution is 0.114. The van der Waals surface area contributed by atoms with Gasteiger partial charge in [-0.3, -0.25) is 19.9 Å². The zero-order valence-corrected chi connectivity index (χ0v) is 25.4. The van der Waals surface area contributed by atoms with Crippen LogP contribution in [-0.4, -0.2) is 60.1 Å². The molecule has 15 heteroatoms. The van der Waals surface area contributed by atoms with Crippen molar-refractivity contribution in [3.05, 3.63) is 115 Å². The van der Waals surface area contributed by atoms with Crippen molar-refractivity contribution in [2.75, 3.05) is 39.5 Å². The first-order valence-corrected chi connectivity index (χ1v) is 15.3. The Labute approximate surface area is 256 Å². The van der Waals surface area contributed by atoms with Crippen LogP contribution in [-0.2, 0) is 10.6 Å². The average molecular weight is 643 g/mol. The van der Waals surface area contributed by atoms with Gasteiger partial charge in [0.05, 0.1) is 24.8 Å². The van der Waals surface area contributed by atoms with Gasteiger partial charge < -0.3 is 14.6 Å². The summed E-state index contributed by atoms with van der Waals surface area (Å²) in [7, 11) is 3.17. The molecule has 4 aromatic rings. The van der Waals surface area contributed by atoms with Gasteiger partial charge in [-0.25, -0.2) is 33.2 Å². The van der Waals surface area contributed by atoms with Crippen molar-refractivity contribution < 1.29 is 27.5 Å². The number of methoxy groups -OCH3 is 1. The Hall–Kier alpha value is -4.86. The number of amides is 2. The Morgan fingerprint density at radius 3 is 2.33 bits per heavy atom. The molecule has 45 heavy (non-hydrogen) atoms. The van der Waals surface area contributed by atoms with Crippen LogP contribution in [0.5, 0.6) is 5.75 Å². The second kappa shape index (κ2) is 12.6. The number of nitrogens with one attached hydrogen (secondary N) is 4. The third-order valence-electron chi connectivity index (χ3n) is 7.01.